The summed E-state index contributed by atoms with van der Waals surface area (Å²) in [6, 6.07) is -1.00. The van der Waals surface area contributed by atoms with E-state index in [-0.39, 0.29) is 47.2 Å². The molecule has 7 rings (SSSR count). The summed E-state index contributed by atoms with van der Waals surface area (Å²) in [5.41, 5.74) is 4.95. The minimum atomic E-state index is -5.05. The van der Waals surface area contributed by atoms with Gasteiger partial charge in [-0.05, 0) is 6.42 Å². The summed E-state index contributed by atoms with van der Waals surface area (Å²) in [5.74, 6) is -1.48. The molecule has 2 bridgehead atoms. The molecule has 1 aliphatic carbocycles. The first-order valence-electron chi connectivity index (χ1n) is 13.5. The lowest BCUT2D eigenvalue weighted by Crippen LogP contribution is -2.36. The molecule has 3 aromatic heterocycles. The molecule has 3 aromatic rings. The van der Waals surface area contributed by atoms with Crippen molar-refractivity contribution in [3.8, 4) is 0 Å². The predicted octanol–water partition coefficient (Wildman–Crippen LogP) is -0.915. The van der Waals surface area contributed by atoms with Crippen molar-refractivity contribution in [1.29, 1.82) is 0 Å². The van der Waals surface area contributed by atoms with Crippen molar-refractivity contribution < 1.29 is 56.8 Å². The molecular weight excluding hydrogens is 646 g/mol. The Balaban J connectivity index is 1.20. The highest BCUT2D eigenvalue weighted by molar-refractivity contribution is 7.47. The number of ketones is 1. The SMILES string of the molecule is Nc1nc2c(ncn2[C@@H]2C[C@@H]3COP(=O)(O)OC4[C@@H](COP(=O)(O)O[C@H]2C3O)O[C@@H](n2cnc3c2N=CCC3=O)[C@H]4O)c(=O)[nH]1. The van der Waals surface area contributed by atoms with Gasteiger partial charge in [0.25, 0.3) is 5.56 Å². The largest absolute Gasteiger partial charge is 0.472 e. The zero-order valence-electron chi connectivity index (χ0n) is 22.8. The summed E-state index contributed by atoms with van der Waals surface area (Å²) >= 11 is 0. The van der Waals surface area contributed by atoms with E-state index < -0.39 is 83.1 Å². The number of aliphatic hydroxyl groups is 2. The van der Waals surface area contributed by atoms with Crippen molar-refractivity contribution in [2.45, 2.75) is 55.6 Å². The highest BCUT2D eigenvalue weighted by atomic mass is 31.2. The van der Waals surface area contributed by atoms with Gasteiger partial charge in [0.1, 0.15) is 24.4 Å². The third-order valence-electron chi connectivity index (χ3n) is 8.02. The van der Waals surface area contributed by atoms with Crippen molar-refractivity contribution >= 4 is 50.6 Å². The van der Waals surface area contributed by atoms with Gasteiger partial charge in [-0.2, -0.15) is 4.98 Å². The van der Waals surface area contributed by atoms with Crippen LogP contribution >= 0.6 is 15.6 Å². The van der Waals surface area contributed by atoms with Crippen LogP contribution in [0.15, 0.2) is 22.4 Å². The number of ether oxygens (including phenoxy) is 1. The van der Waals surface area contributed by atoms with Crippen LogP contribution in [0.3, 0.4) is 0 Å². The molecule has 7 N–H and O–H groups in total. The second-order valence-electron chi connectivity index (χ2n) is 10.8. The van der Waals surface area contributed by atoms with Crippen molar-refractivity contribution in [3.63, 3.8) is 0 Å². The number of aromatic amines is 1. The average Bonchev–Trinajstić information content (AvgIpc) is 3.72. The number of rotatable bonds is 2. The van der Waals surface area contributed by atoms with Crippen molar-refractivity contribution in [1.82, 2.24) is 29.1 Å². The van der Waals surface area contributed by atoms with Crippen molar-refractivity contribution in [3.05, 3.63) is 28.7 Å². The maximum atomic E-state index is 13.2. The predicted molar refractivity (Wildman–Crippen MR) is 146 cm³/mol. The van der Waals surface area contributed by atoms with E-state index in [1.54, 1.807) is 0 Å². The van der Waals surface area contributed by atoms with E-state index in [1.807, 2.05) is 0 Å². The van der Waals surface area contributed by atoms with Gasteiger partial charge >= 0.3 is 15.6 Å². The van der Waals surface area contributed by atoms with Crippen LogP contribution in [-0.2, 0) is 32.0 Å². The van der Waals surface area contributed by atoms with E-state index in [0.29, 0.717) is 0 Å². The van der Waals surface area contributed by atoms with Crippen LogP contribution in [0.2, 0.25) is 0 Å². The fraction of sp³-hybridized carbons (Fsp3) is 0.545. The van der Waals surface area contributed by atoms with Crippen LogP contribution in [0.5, 0.6) is 0 Å². The fourth-order valence-corrected chi connectivity index (χ4v) is 7.93. The van der Waals surface area contributed by atoms with Gasteiger partial charge in [-0.25, -0.2) is 24.1 Å². The summed E-state index contributed by atoms with van der Waals surface area (Å²) in [5, 5.41) is 22.2. The van der Waals surface area contributed by atoms with E-state index in [1.165, 1.54) is 28.0 Å². The molecule has 23 heteroatoms. The van der Waals surface area contributed by atoms with Gasteiger partial charge in [0.15, 0.2) is 34.7 Å². The van der Waals surface area contributed by atoms with Crippen LogP contribution < -0.4 is 11.3 Å². The Bertz CT molecular complexity index is 1860. The van der Waals surface area contributed by atoms with Gasteiger partial charge in [0.2, 0.25) is 5.95 Å². The van der Waals surface area contributed by atoms with Crippen LogP contribution in [0.4, 0.5) is 11.8 Å². The first-order chi connectivity index (χ1) is 21.3. The van der Waals surface area contributed by atoms with Crippen LogP contribution in [0.25, 0.3) is 11.2 Å². The Kier molecular flexibility index (Phi) is 7.42. The Morgan fingerprint density at radius 3 is 2.47 bits per heavy atom. The smallest absolute Gasteiger partial charge is 0.390 e. The van der Waals surface area contributed by atoms with E-state index in [9.17, 15) is 38.7 Å². The zero-order chi connectivity index (χ0) is 31.8. The summed E-state index contributed by atoms with van der Waals surface area (Å²) in [6.45, 7) is -1.42. The highest BCUT2D eigenvalue weighted by Gasteiger charge is 2.53. The molecule has 2 saturated heterocycles. The molecule has 0 amide bonds. The molecule has 1 saturated carbocycles. The first-order valence-corrected chi connectivity index (χ1v) is 16.5. The molecule has 0 radical (unpaired) electrons. The number of nitrogens with zero attached hydrogens (tertiary/aromatic N) is 6. The second-order valence-corrected chi connectivity index (χ2v) is 13.6. The lowest BCUT2D eigenvalue weighted by atomic mass is 10.1. The molecule has 4 aliphatic rings. The number of imidazole rings is 2. The number of phosphoric ester groups is 2. The fourth-order valence-electron chi connectivity index (χ4n) is 5.95. The number of carbonyl (C=O) groups is 1. The molecule has 0 aromatic carbocycles. The summed E-state index contributed by atoms with van der Waals surface area (Å²) in [4.78, 5) is 64.4. The number of nitrogens with two attached hydrogens (primary N) is 1. The molecule has 4 unspecified atom stereocenters. The minimum absolute atomic E-state index is 0.00969. The number of fused-ring (bicyclic) bond motifs is 5. The maximum Gasteiger partial charge on any atom is 0.472 e. The molecule has 242 valence electrons. The van der Waals surface area contributed by atoms with Gasteiger partial charge in [0, 0.05) is 18.6 Å². The number of phosphoric acid groups is 2. The van der Waals surface area contributed by atoms with Gasteiger partial charge in [0.05, 0.1) is 38.0 Å². The number of Topliss-reactive ketones (excluding diaryl/α,β-unsaturated/α-hetero) is 1. The summed E-state index contributed by atoms with van der Waals surface area (Å²) in [7, 11) is -10.0. The van der Waals surface area contributed by atoms with E-state index in [4.69, 9.17) is 28.6 Å². The Hall–Kier alpha value is -3.20. The van der Waals surface area contributed by atoms with E-state index in [0.717, 1.165) is 0 Å². The van der Waals surface area contributed by atoms with Gasteiger partial charge in [-0.1, -0.05) is 0 Å². The number of aliphatic hydroxyl groups excluding tert-OH is 2. The molecule has 3 aliphatic heterocycles. The lowest BCUT2D eigenvalue weighted by molar-refractivity contribution is -0.0560. The Labute approximate surface area is 250 Å². The number of aliphatic imine (C=N–C) groups is 1. The number of aromatic nitrogens is 6. The number of hydrogen-bond acceptors (Lipinski definition) is 16. The van der Waals surface area contributed by atoms with Crippen molar-refractivity contribution in [2.75, 3.05) is 18.9 Å². The highest BCUT2D eigenvalue weighted by Crippen LogP contribution is 2.55. The molecule has 10 atom stereocenters. The van der Waals surface area contributed by atoms with Crippen LogP contribution in [0.1, 0.15) is 35.6 Å². The van der Waals surface area contributed by atoms with Crippen LogP contribution in [0, 0.1) is 5.92 Å². The second kappa shape index (κ2) is 11.0. The first kappa shape index (κ1) is 30.5. The lowest BCUT2D eigenvalue weighted by Gasteiger charge is -2.26. The van der Waals surface area contributed by atoms with E-state index in [2.05, 4.69) is 24.9 Å². The summed E-state index contributed by atoms with van der Waals surface area (Å²) < 4.78 is 55.8. The number of H-pyrrole nitrogens is 1. The zero-order valence-corrected chi connectivity index (χ0v) is 24.6. The van der Waals surface area contributed by atoms with Gasteiger partial charge in [-0.15, -0.1) is 0 Å². The number of anilines is 1. The third-order valence-corrected chi connectivity index (χ3v) is 9.99. The number of hydrogen-bond donors (Lipinski definition) is 6. The number of nitrogens with one attached hydrogen (secondary N) is 1. The Morgan fingerprint density at radius 2 is 1.69 bits per heavy atom. The topological polar surface area (TPSA) is 298 Å². The third kappa shape index (κ3) is 5.38. The minimum Gasteiger partial charge on any atom is -0.390 e. The quantitative estimate of drug-likeness (QED) is 0.179. The number of nitrogen functional groups attached to an aromatic ring is 1. The number of carbonyl (C=O) groups excluding carboxylic acids is 1. The molecule has 0 spiro atoms. The molecule has 45 heavy (non-hydrogen) atoms. The Morgan fingerprint density at radius 1 is 0.978 bits per heavy atom. The molecular formula is C22H26N8O13P2. The average molecular weight is 672 g/mol. The molecule has 3 fully saturated rings. The monoisotopic (exact) mass is 672 g/mol. The van der Waals surface area contributed by atoms with Crippen molar-refractivity contribution in [2.24, 2.45) is 10.9 Å². The summed E-state index contributed by atoms with van der Waals surface area (Å²) in [6.07, 6.45) is -5.58. The standard InChI is InChI=1S/C22H26N8O13P2/c23-22-27-19-13(20(34)28-22)26-6-29(19)9-3-8-4-39-44(35,36)43-17-11(5-40-45(37,38)42-16(9)14(8)32)41-21(15(17)33)30-7-25-12-10(31)1-2-24-18(12)30/h2,6-9,11,14-17,21,32-33H,1,3-5H2,(H,35,36)(H,37,38)(H3,23,27,28,34)/t8-,9-,11-,14?,15+,16-,17?,21-/m1/s1. The maximum absolute atomic E-state index is 13.2. The van der Waals surface area contributed by atoms with Crippen LogP contribution in [-0.4, -0.2) is 105 Å². The molecule has 21 nitrogen and oxygen atoms in total. The van der Waals surface area contributed by atoms with E-state index >= 15 is 0 Å². The van der Waals surface area contributed by atoms with Gasteiger partial charge in [-0.3, -0.25) is 37.2 Å². The molecule has 6 heterocycles. The normalized spacial score (nSPS) is 38.8. The van der Waals surface area contributed by atoms with Gasteiger partial charge < -0.3 is 35.0 Å².